The van der Waals surface area contributed by atoms with Crippen LogP contribution in [0.25, 0.3) is 0 Å². The molecule has 0 aliphatic carbocycles. The van der Waals surface area contributed by atoms with Gasteiger partial charge in [-0.1, -0.05) is 37.4 Å². The average Bonchev–Trinajstić information content (AvgIpc) is 2.61. The molecule has 0 aromatic heterocycles. The van der Waals surface area contributed by atoms with Crippen molar-refractivity contribution in [3.05, 3.63) is 59.7 Å². The summed E-state index contributed by atoms with van der Waals surface area (Å²) in [6.07, 6.45) is 0. The summed E-state index contributed by atoms with van der Waals surface area (Å²) in [7, 11) is 0. The van der Waals surface area contributed by atoms with Crippen LogP contribution in [0.15, 0.2) is 48.6 Å². The van der Waals surface area contributed by atoms with Crippen molar-refractivity contribution >= 4 is 35.5 Å². The number of ether oxygens (including phenoxy) is 2. The molecule has 0 saturated heterocycles. The molecule has 0 bridgehead atoms. The van der Waals surface area contributed by atoms with Crippen molar-refractivity contribution in [3.63, 3.8) is 0 Å². The van der Waals surface area contributed by atoms with Crippen molar-refractivity contribution in [1.82, 2.24) is 0 Å². The van der Waals surface area contributed by atoms with Gasteiger partial charge in [-0.25, -0.2) is 9.59 Å². The molecule has 1 aromatic rings. The zero-order chi connectivity index (χ0) is 19.4. The van der Waals surface area contributed by atoms with Gasteiger partial charge >= 0.3 is 11.9 Å². The van der Waals surface area contributed by atoms with E-state index in [1.807, 2.05) is 12.1 Å². The fourth-order valence-electron chi connectivity index (χ4n) is 1.84. The fraction of sp³-hybridized carbons (Fsp3) is 0.400. The van der Waals surface area contributed by atoms with Crippen molar-refractivity contribution in [1.29, 1.82) is 0 Å². The number of rotatable bonds is 12. The van der Waals surface area contributed by atoms with E-state index in [9.17, 15) is 9.59 Å². The zero-order valence-corrected chi connectivity index (χ0v) is 17.0. The number of carbonyl (C=O) groups excluding carboxylic acids is 2. The Kier molecular flexibility index (Phi) is 10.9. The Morgan fingerprint density at radius 2 is 1.23 bits per heavy atom. The molecule has 1 rings (SSSR count). The normalized spacial score (nSPS) is 10.2. The van der Waals surface area contributed by atoms with Crippen LogP contribution in [-0.2, 0) is 30.6 Å². The Hall–Kier alpha value is -1.66. The van der Waals surface area contributed by atoms with Crippen molar-refractivity contribution in [3.8, 4) is 0 Å². The van der Waals surface area contributed by atoms with Gasteiger partial charge < -0.3 is 9.47 Å². The summed E-state index contributed by atoms with van der Waals surface area (Å²) in [4.78, 5) is 22.6. The lowest BCUT2D eigenvalue weighted by atomic mass is 10.1. The summed E-state index contributed by atoms with van der Waals surface area (Å²) >= 11 is 3.46. The van der Waals surface area contributed by atoms with E-state index in [2.05, 4.69) is 25.3 Å². The molecular formula is C20H26O4S2. The Morgan fingerprint density at radius 1 is 0.846 bits per heavy atom. The Bertz CT molecular complexity index is 585. The topological polar surface area (TPSA) is 52.6 Å². The minimum Gasteiger partial charge on any atom is -0.461 e. The van der Waals surface area contributed by atoms with E-state index in [1.54, 1.807) is 37.4 Å². The van der Waals surface area contributed by atoms with Gasteiger partial charge in [0.05, 0.1) is 0 Å². The van der Waals surface area contributed by atoms with E-state index in [0.29, 0.717) is 24.4 Å². The minimum atomic E-state index is -0.338. The van der Waals surface area contributed by atoms with Crippen molar-refractivity contribution in [2.24, 2.45) is 0 Å². The molecule has 0 saturated carbocycles. The van der Waals surface area contributed by atoms with Crippen LogP contribution in [0.5, 0.6) is 0 Å². The molecule has 0 amide bonds. The van der Waals surface area contributed by atoms with Gasteiger partial charge in [-0.05, 0) is 25.0 Å². The SMILES string of the molecule is C=C(C)C(=O)OCCSCc1ccccc1CSCCOC(=O)C(=C)C. The molecule has 0 radical (unpaired) electrons. The van der Waals surface area contributed by atoms with Gasteiger partial charge in [0.2, 0.25) is 0 Å². The maximum atomic E-state index is 11.3. The first-order chi connectivity index (χ1) is 12.4. The quantitative estimate of drug-likeness (QED) is 0.298. The maximum Gasteiger partial charge on any atom is 0.333 e. The molecule has 0 aliphatic rings. The number of hydrogen-bond donors (Lipinski definition) is 0. The van der Waals surface area contributed by atoms with Gasteiger partial charge in [0.1, 0.15) is 13.2 Å². The Morgan fingerprint density at radius 3 is 1.58 bits per heavy atom. The van der Waals surface area contributed by atoms with Crippen LogP contribution in [0.2, 0.25) is 0 Å². The lowest BCUT2D eigenvalue weighted by Gasteiger charge is -2.10. The highest BCUT2D eigenvalue weighted by molar-refractivity contribution is 7.98. The van der Waals surface area contributed by atoms with Crippen molar-refractivity contribution in [2.45, 2.75) is 25.4 Å². The van der Waals surface area contributed by atoms with Gasteiger partial charge in [-0.3, -0.25) is 0 Å². The Labute approximate surface area is 164 Å². The number of benzene rings is 1. The third-order valence-electron chi connectivity index (χ3n) is 3.25. The lowest BCUT2D eigenvalue weighted by Crippen LogP contribution is -2.08. The van der Waals surface area contributed by atoms with Crippen molar-refractivity contribution in [2.75, 3.05) is 24.7 Å². The summed E-state index contributed by atoms with van der Waals surface area (Å²) in [6, 6.07) is 8.29. The number of esters is 2. The predicted octanol–water partition coefficient (Wildman–Crippen LogP) is 4.39. The van der Waals surface area contributed by atoms with Gasteiger partial charge in [0.25, 0.3) is 0 Å². The van der Waals surface area contributed by atoms with E-state index in [0.717, 1.165) is 23.0 Å². The monoisotopic (exact) mass is 394 g/mol. The number of carbonyl (C=O) groups is 2. The standard InChI is InChI=1S/C20H26O4S2/c1-15(2)19(21)23-9-11-25-13-17-7-5-6-8-18(17)14-26-12-10-24-20(22)16(3)4/h5-8H,1,3,9-14H2,2,4H3. The first kappa shape index (κ1) is 22.4. The first-order valence-electron chi connectivity index (χ1n) is 8.29. The van der Waals surface area contributed by atoms with Crippen LogP contribution < -0.4 is 0 Å². The summed E-state index contributed by atoms with van der Waals surface area (Å²) in [5, 5.41) is 0. The molecule has 0 aliphatic heterocycles. The lowest BCUT2D eigenvalue weighted by molar-refractivity contribution is -0.139. The molecule has 0 unspecified atom stereocenters. The highest BCUT2D eigenvalue weighted by Crippen LogP contribution is 2.21. The number of hydrogen-bond acceptors (Lipinski definition) is 6. The molecule has 0 atom stereocenters. The van der Waals surface area contributed by atoms with Gasteiger partial charge in [-0.15, -0.1) is 0 Å². The molecule has 0 spiro atoms. The van der Waals surface area contributed by atoms with Crippen LogP contribution in [-0.4, -0.2) is 36.7 Å². The molecule has 0 heterocycles. The highest BCUT2D eigenvalue weighted by Gasteiger charge is 2.06. The molecule has 142 valence electrons. The van der Waals surface area contributed by atoms with E-state index >= 15 is 0 Å². The second-order valence-electron chi connectivity index (χ2n) is 5.71. The van der Waals surface area contributed by atoms with Gasteiger partial charge in [0, 0.05) is 34.2 Å². The second-order valence-corrected chi connectivity index (χ2v) is 7.92. The maximum absolute atomic E-state index is 11.3. The fourth-order valence-corrected chi connectivity index (χ4v) is 3.53. The summed E-state index contributed by atoms with van der Waals surface area (Å²) < 4.78 is 10.2. The van der Waals surface area contributed by atoms with Crippen LogP contribution >= 0.6 is 23.5 Å². The first-order valence-corrected chi connectivity index (χ1v) is 10.6. The summed E-state index contributed by atoms with van der Waals surface area (Å²) in [6.45, 7) is 11.2. The van der Waals surface area contributed by atoms with Crippen molar-refractivity contribution < 1.29 is 19.1 Å². The van der Waals surface area contributed by atoms with Crippen LogP contribution in [0.4, 0.5) is 0 Å². The molecular weight excluding hydrogens is 368 g/mol. The van der Waals surface area contributed by atoms with E-state index in [4.69, 9.17) is 9.47 Å². The van der Waals surface area contributed by atoms with E-state index in [-0.39, 0.29) is 11.9 Å². The van der Waals surface area contributed by atoms with Gasteiger partial charge in [-0.2, -0.15) is 23.5 Å². The molecule has 0 N–H and O–H groups in total. The molecule has 4 nitrogen and oxygen atoms in total. The van der Waals surface area contributed by atoms with Gasteiger partial charge in [0.15, 0.2) is 0 Å². The third kappa shape index (κ3) is 9.15. The zero-order valence-electron chi connectivity index (χ0n) is 15.4. The largest absolute Gasteiger partial charge is 0.461 e. The Balaban J connectivity index is 2.29. The molecule has 0 fully saturated rings. The smallest absolute Gasteiger partial charge is 0.333 e. The number of thioether (sulfide) groups is 2. The third-order valence-corrected chi connectivity index (χ3v) is 5.19. The van der Waals surface area contributed by atoms with Crippen LogP contribution in [0.1, 0.15) is 25.0 Å². The summed E-state index contributed by atoms with van der Waals surface area (Å²) in [5.74, 6) is 2.55. The van der Waals surface area contributed by atoms with E-state index in [1.165, 1.54) is 11.1 Å². The summed E-state index contributed by atoms with van der Waals surface area (Å²) in [5.41, 5.74) is 3.39. The minimum absolute atomic E-state index is 0.338. The average molecular weight is 395 g/mol. The predicted molar refractivity (Wildman–Crippen MR) is 110 cm³/mol. The molecule has 6 heteroatoms. The molecule has 1 aromatic carbocycles. The highest BCUT2D eigenvalue weighted by atomic mass is 32.2. The second kappa shape index (κ2) is 12.7. The molecule has 26 heavy (non-hydrogen) atoms. The van der Waals surface area contributed by atoms with E-state index < -0.39 is 0 Å². The van der Waals surface area contributed by atoms with Crippen LogP contribution in [0, 0.1) is 0 Å². The van der Waals surface area contributed by atoms with Crippen LogP contribution in [0.3, 0.4) is 0 Å².